The molecule has 2 heterocycles. The number of carbonyl (C=O) groups is 2. The summed E-state index contributed by atoms with van der Waals surface area (Å²) in [5, 5.41) is 1.77. The highest BCUT2D eigenvalue weighted by molar-refractivity contribution is 6.07. The van der Waals surface area contributed by atoms with Crippen molar-refractivity contribution >= 4 is 39.9 Å². The molecule has 154 valence electrons. The van der Waals surface area contributed by atoms with Crippen LogP contribution in [0.5, 0.6) is 0 Å². The molecular weight excluding hydrogens is 396 g/mol. The van der Waals surface area contributed by atoms with Gasteiger partial charge in [0.15, 0.2) is 11.6 Å². The predicted molar refractivity (Wildman–Crippen MR) is 117 cm³/mol. The van der Waals surface area contributed by atoms with Crippen LogP contribution >= 0.6 is 0 Å². The van der Waals surface area contributed by atoms with E-state index in [1.54, 1.807) is 24.4 Å². The van der Waals surface area contributed by atoms with Gasteiger partial charge in [-0.3, -0.25) is 36.3 Å². The van der Waals surface area contributed by atoms with Crippen LogP contribution in [0.2, 0.25) is 0 Å². The molecule has 2 amide bonds. The number of aromatic nitrogens is 3. The molecule has 0 bridgehead atoms. The van der Waals surface area contributed by atoms with Crippen LogP contribution in [-0.4, -0.2) is 26.8 Å². The third-order valence-corrected chi connectivity index (χ3v) is 4.43. The average Bonchev–Trinajstić information content (AvgIpc) is 2.82. The number of fused-ring (bicyclic) bond motifs is 1. The van der Waals surface area contributed by atoms with E-state index in [9.17, 15) is 9.59 Å². The lowest BCUT2D eigenvalue weighted by Crippen LogP contribution is -2.32. The average molecular weight is 414 g/mol. The van der Waals surface area contributed by atoms with Gasteiger partial charge in [-0.1, -0.05) is 36.4 Å². The van der Waals surface area contributed by atoms with Crippen molar-refractivity contribution in [3.63, 3.8) is 0 Å². The van der Waals surface area contributed by atoms with E-state index in [1.807, 2.05) is 36.4 Å². The first-order valence-corrected chi connectivity index (χ1v) is 9.24. The highest BCUT2D eigenvalue weighted by Crippen LogP contribution is 2.22. The summed E-state index contributed by atoms with van der Waals surface area (Å²) in [6.45, 7) is 0. The van der Waals surface area contributed by atoms with E-state index in [0.717, 1.165) is 10.8 Å². The quantitative estimate of drug-likeness (QED) is 0.302. The number of carbonyl (C=O) groups excluding carboxylic acids is 2. The number of nitrogens with two attached hydrogens (primary N) is 1. The van der Waals surface area contributed by atoms with Crippen LogP contribution in [0.25, 0.3) is 10.8 Å². The SMILES string of the molecule is Nc1c(NNC(=O)c2cccnc2)ncnc1NNC(=O)c1cccc2ccccc12. The van der Waals surface area contributed by atoms with Gasteiger partial charge >= 0.3 is 0 Å². The lowest BCUT2D eigenvalue weighted by Gasteiger charge is -2.14. The fourth-order valence-electron chi connectivity index (χ4n) is 2.89. The first-order valence-electron chi connectivity index (χ1n) is 9.24. The van der Waals surface area contributed by atoms with Crippen LogP contribution in [0.4, 0.5) is 17.3 Å². The van der Waals surface area contributed by atoms with Gasteiger partial charge in [0, 0.05) is 18.0 Å². The smallest absolute Gasteiger partial charge is 0.271 e. The molecule has 4 rings (SSSR count). The normalized spacial score (nSPS) is 10.3. The first-order chi connectivity index (χ1) is 15.1. The van der Waals surface area contributed by atoms with E-state index >= 15 is 0 Å². The van der Waals surface area contributed by atoms with Crippen molar-refractivity contribution in [2.75, 3.05) is 16.6 Å². The van der Waals surface area contributed by atoms with E-state index in [-0.39, 0.29) is 23.2 Å². The van der Waals surface area contributed by atoms with Gasteiger partial charge < -0.3 is 5.73 Å². The lowest BCUT2D eigenvalue weighted by molar-refractivity contribution is 0.0955. The van der Waals surface area contributed by atoms with Gasteiger partial charge in [-0.25, -0.2) is 9.97 Å². The number of benzene rings is 2. The van der Waals surface area contributed by atoms with Crippen molar-refractivity contribution in [1.82, 2.24) is 25.8 Å². The number of amides is 2. The Morgan fingerprint density at radius 1 is 0.806 bits per heavy atom. The summed E-state index contributed by atoms with van der Waals surface area (Å²) >= 11 is 0. The van der Waals surface area contributed by atoms with Crippen molar-refractivity contribution in [3.05, 3.63) is 84.4 Å². The minimum atomic E-state index is -0.412. The summed E-state index contributed by atoms with van der Waals surface area (Å²) in [4.78, 5) is 36.7. The molecule has 0 saturated carbocycles. The summed E-state index contributed by atoms with van der Waals surface area (Å²) < 4.78 is 0. The van der Waals surface area contributed by atoms with Crippen molar-refractivity contribution in [2.24, 2.45) is 0 Å². The van der Waals surface area contributed by atoms with E-state index in [2.05, 4.69) is 36.7 Å². The maximum Gasteiger partial charge on any atom is 0.271 e. The van der Waals surface area contributed by atoms with Crippen LogP contribution in [0.3, 0.4) is 0 Å². The molecule has 0 radical (unpaired) electrons. The van der Waals surface area contributed by atoms with Crippen molar-refractivity contribution in [3.8, 4) is 0 Å². The second-order valence-electron chi connectivity index (χ2n) is 6.41. The maximum absolute atomic E-state index is 12.7. The number of anilines is 3. The number of hydrazine groups is 2. The molecule has 31 heavy (non-hydrogen) atoms. The molecule has 0 fully saturated rings. The fourth-order valence-corrected chi connectivity index (χ4v) is 2.89. The Kier molecular flexibility index (Phi) is 5.52. The molecule has 0 unspecified atom stereocenters. The Labute approximate surface area is 176 Å². The Morgan fingerprint density at radius 2 is 1.52 bits per heavy atom. The minimum Gasteiger partial charge on any atom is -0.393 e. The Bertz CT molecular complexity index is 1240. The number of hydrogen-bond donors (Lipinski definition) is 5. The largest absolute Gasteiger partial charge is 0.393 e. The Balaban J connectivity index is 1.43. The molecule has 2 aromatic carbocycles. The summed E-state index contributed by atoms with van der Waals surface area (Å²) in [7, 11) is 0. The highest BCUT2D eigenvalue weighted by Gasteiger charge is 2.13. The van der Waals surface area contributed by atoms with Crippen molar-refractivity contribution in [1.29, 1.82) is 0 Å². The zero-order valence-electron chi connectivity index (χ0n) is 16.2. The third-order valence-electron chi connectivity index (χ3n) is 4.43. The number of nitrogen functional groups attached to an aromatic ring is 1. The highest BCUT2D eigenvalue weighted by atomic mass is 16.2. The monoisotopic (exact) mass is 414 g/mol. The maximum atomic E-state index is 12.7. The molecule has 4 aromatic rings. The first kappa shape index (κ1) is 19.6. The van der Waals surface area contributed by atoms with E-state index in [0.29, 0.717) is 11.1 Å². The number of rotatable bonds is 6. The van der Waals surface area contributed by atoms with E-state index < -0.39 is 5.91 Å². The van der Waals surface area contributed by atoms with Gasteiger partial charge in [-0.2, -0.15) is 0 Å². The van der Waals surface area contributed by atoms with Crippen LogP contribution in [0.15, 0.2) is 73.3 Å². The predicted octanol–water partition coefficient (Wildman–Crippen LogP) is 2.12. The van der Waals surface area contributed by atoms with Crippen LogP contribution in [0.1, 0.15) is 20.7 Å². The van der Waals surface area contributed by atoms with Gasteiger partial charge in [-0.05, 0) is 29.0 Å². The van der Waals surface area contributed by atoms with Crippen LogP contribution in [0, 0.1) is 0 Å². The lowest BCUT2D eigenvalue weighted by atomic mass is 10.0. The number of hydrogen-bond acceptors (Lipinski definition) is 8. The fraction of sp³-hybridized carbons (Fsp3) is 0. The van der Waals surface area contributed by atoms with Crippen LogP contribution < -0.4 is 27.4 Å². The van der Waals surface area contributed by atoms with Gasteiger partial charge in [0.2, 0.25) is 0 Å². The standard InChI is InChI=1S/C21H18N8O2/c22-17-18(26-28-20(30)14-7-4-10-23-11-14)24-12-25-19(17)27-29-21(31)16-9-3-6-13-5-1-2-8-15(13)16/h1-12H,22H2,(H,28,30)(H,29,31)(H2,24,25,26,27). The summed E-state index contributed by atoms with van der Waals surface area (Å²) in [6, 6.07) is 16.3. The second kappa shape index (κ2) is 8.74. The Morgan fingerprint density at radius 3 is 2.26 bits per heavy atom. The molecule has 0 saturated heterocycles. The Hall–Kier alpha value is -4.73. The van der Waals surface area contributed by atoms with E-state index in [1.165, 1.54) is 12.5 Å². The van der Waals surface area contributed by atoms with Gasteiger partial charge in [-0.15, -0.1) is 0 Å². The molecular formula is C21H18N8O2. The molecule has 0 atom stereocenters. The summed E-state index contributed by atoms with van der Waals surface area (Å²) in [6.07, 6.45) is 4.23. The summed E-state index contributed by atoms with van der Waals surface area (Å²) in [5.74, 6) is -0.435. The second-order valence-corrected chi connectivity index (χ2v) is 6.41. The molecule has 0 aliphatic rings. The minimum absolute atomic E-state index is 0.104. The van der Waals surface area contributed by atoms with E-state index in [4.69, 9.17) is 5.73 Å². The molecule has 10 nitrogen and oxygen atoms in total. The zero-order chi connectivity index (χ0) is 21.6. The molecule has 0 spiro atoms. The van der Waals surface area contributed by atoms with Gasteiger partial charge in [0.05, 0.1) is 5.56 Å². The zero-order valence-corrected chi connectivity index (χ0v) is 16.2. The topological polar surface area (TPSA) is 147 Å². The van der Waals surface area contributed by atoms with Crippen molar-refractivity contribution < 1.29 is 9.59 Å². The number of nitrogens with one attached hydrogen (secondary N) is 4. The number of pyridine rings is 1. The van der Waals surface area contributed by atoms with Crippen LogP contribution in [-0.2, 0) is 0 Å². The molecule has 6 N–H and O–H groups in total. The molecule has 0 aliphatic heterocycles. The summed E-state index contributed by atoms with van der Waals surface area (Å²) in [5.41, 5.74) is 17.4. The molecule has 2 aromatic heterocycles. The van der Waals surface area contributed by atoms with Gasteiger partial charge in [0.25, 0.3) is 11.8 Å². The third kappa shape index (κ3) is 4.32. The van der Waals surface area contributed by atoms with Crippen molar-refractivity contribution in [2.45, 2.75) is 0 Å². The van der Waals surface area contributed by atoms with Gasteiger partial charge in [0.1, 0.15) is 12.0 Å². The molecule has 10 heteroatoms. The number of nitrogens with zero attached hydrogens (tertiary/aromatic N) is 3. The molecule has 0 aliphatic carbocycles.